The molecule has 0 aliphatic heterocycles. The first-order valence-electron chi connectivity index (χ1n) is 8.23. The summed E-state index contributed by atoms with van der Waals surface area (Å²) in [6.45, 7) is 1.66. The third kappa shape index (κ3) is 4.91. The van der Waals surface area contributed by atoms with Crippen molar-refractivity contribution in [1.82, 2.24) is 5.32 Å². The monoisotopic (exact) mass is 373 g/mol. The van der Waals surface area contributed by atoms with Gasteiger partial charge >= 0.3 is 5.97 Å². The molecule has 0 fully saturated rings. The second-order valence-corrected chi connectivity index (χ2v) is 6.19. The Morgan fingerprint density at radius 1 is 0.963 bits per heavy atom. The van der Waals surface area contributed by atoms with Crippen molar-refractivity contribution in [3.8, 4) is 17.2 Å². The van der Waals surface area contributed by atoms with Crippen molar-refractivity contribution in [2.45, 2.75) is 18.9 Å². The van der Waals surface area contributed by atoms with Gasteiger partial charge in [0.05, 0.1) is 33.3 Å². The number of carboxylic acid groups (broad SMARTS) is 1. The highest BCUT2D eigenvalue weighted by Crippen LogP contribution is 2.29. The molecule has 0 saturated heterocycles. The number of hydrogen-bond acceptors (Lipinski definition) is 5. The number of rotatable bonds is 8. The minimum atomic E-state index is -1.15. The van der Waals surface area contributed by atoms with Gasteiger partial charge in [0.25, 0.3) is 5.91 Å². The van der Waals surface area contributed by atoms with E-state index in [2.05, 4.69) is 5.32 Å². The molecule has 7 nitrogen and oxygen atoms in total. The Balaban J connectivity index is 2.40. The highest BCUT2D eigenvalue weighted by molar-refractivity contribution is 5.96. The van der Waals surface area contributed by atoms with Crippen LogP contribution in [0.1, 0.15) is 29.3 Å². The summed E-state index contributed by atoms with van der Waals surface area (Å²) in [5, 5.41) is 12.2. The van der Waals surface area contributed by atoms with Gasteiger partial charge in [-0.15, -0.1) is 0 Å². The molecule has 7 heteroatoms. The first-order chi connectivity index (χ1) is 12.8. The lowest BCUT2D eigenvalue weighted by atomic mass is 9.88. The molecule has 0 aromatic heterocycles. The Hall–Kier alpha value is -3.22. The van der Waals surface area contributed by atoms with Crippen LogP contribution in [0.2, 0.25) is 0 Å². The van der Waals surface area contributed by atoms with Gasteiger partial charge in [-0.25, -0.2) is 0 Å². The summed E-state index contributed by atoms with van der Waals surface area (Å²) in [7, 11) is 4.50. The molecule has 1 amide bonds. The summed E-state index contributed by atoms with van der Waals surface area (Å²) >= 11 is 0. The van der Waals surface area contributed by atoms with E-state index in [9.17, 15) is 14.7 Å². The molecule has 1 atom stereocenters. The van der Waals surface area contributed by atoms with Gasteiger partial charge in [0.1, 0.15) is 17.2 Å². The predicted molar refractivity (Wildman–Crippen MR) is 99.6 cm³/mol. The van der Waals surface area contributed by atoms with E-state index in [1.165, 1.54) is 21.3 Å². The number of hydrogen-bond donors (Lipinski definition) is 2. The fraction of sp³-hybridized carbons (Fsp3) is 0.300. The zero-order valence-corrected chi connectivity index (χ0v) is 15.7. The topological polar surface area (TPSA) is 94.1 Å². The maximum atomic E-state index is 12.9. The number of ether oxygens (including phenoxy) is 3. The zero-order valence-electron chi connectivity index (χ0n) is 15.7. The van der Waals surface area contributed by atoms with Crippen LogP contribution >= 0.6 is 0 Å². The highest BCUT2D eigenvalue weighted by Gasteiger charge is 2.32. The van der Waals surface area contributed by atoms with Crippen molar-refractivity contribution in [2.75, 3.05) is 21.3 Å². The van der Waals surface area contributed by atoms with E-state index < -0.39 is 17.4 Å². The van der Waals surface area contributed by atoms with E-state index in [1.54, 1.807) is 49.4 Å². The third-order valence-corrected chi connectivity index (χ3v) is 4.21. The Morgan fingerprint density at radius 2 is 1.56 bits per heavy atom. The molecular weight excluding hydrogens is 350 g/mol. The van der Waals surface area contributed by atoms with Crippen LogP contribution in [0.15, 0.2) is 42.5 Å². The molecular formula is C20H23NO6. The number of aliphatic carboxylic acids is 1. The summed E-state index contributed by atoms with van der Waals surface area (Å²) in [5.41, 5.74) is -0.230. The summed E-state index contributed by atoms with van der Waals surface area (Å²) in [6.07, 6.45) is -0.299. The van der Waals surface area contributed by atoms with Gasteiger partial charge in [-0.05, 0) is 36.8 Å². The summed E-state index contributed by atoms with van der Waals surface area (Å²) in [6, 6.07) is 11.7. The predicted octanol–water partition coefficient (Wildman–Crippen LogP) is 2.83. The Kier molecular flexibility index (Phi) is 6.28. The molecule has 0 radical (unpaired) electrons. The first kappa shape index (κ1) is 20.1. The molecule has 0 aliphatic rings. The average Bonchev–Trinajstić information content (AvgIpc) is 2.66. The van der Waals surface area contributed by atoms with E-state index in [4.69, 9.17) is 14.2 Å². The molecule has 2 aromatic rings. The van der Waals surface area contributed by atoms with Gasteiger partial charge in [-0.1, -0.05) is 12.1 Å². The van der Waals surface area contributed by atoms with E-state index in [0.717, 1.165) is 0 Å². The van der Waals surface area contributed by atoms with E-state index >= 15 is 0 Å². The van der Waals surface area contributed by atoms with Crippen molar-refractivity contribution in [2.24, 2.45) is 0 Å². The number of carbonyl (C=O) groups excluding carboxylic acids is 1. The molecule has 2 aromatic carbocycles. The van der Waals surface area contributed by atoms with Crippen LogP contribution in [-0.2, 0) is 10.3 Å². The van der Waals surface area contributed by atoms with Crippen molar-refractivity contribution in [1.29, 1.82) is 0 Å². The quantitative estimate of drug-likeness (QED) is 0.739. The smallest absolute Gasteiger partial charge is 0.306 e. The van der Waals surface area contributed by atoms with E-state index in [1.807, 2.05) is 0 Å². The van der Waals surface area contributed by atoms with Crippen LogP contribution in [-0.4, -0.2) is 38.3 Å². The maximum Gasteiger partial charge on any atom is 0.306 e. The van der Waals surface area contributed by atoms with Gasteiger partial charge in [0, 0.05) is 11.6 Å². The largest absolute Gasteiger partial charge is 0.497 e. The third-order valence-electron chi connectivity index (χ3n) is 4.21. The number of nitrogens with one attached hydrogen (secondary N) is 1. The normalized spacial score (nSPS) is 12.6. The van der Waals surface area contributed by atoms with Crippen molar-refractivity contribution in [3.63, 3.8) is 0 Å². The van der Waals surface area contributed by atoms with Crippen molar-refractivity contribution < 1.29 is 28.9 Å². The number of carboxylic acids is 1. The molecule has 0 bridgehead atoms. The second kappa shape index (κ2) is 8.44. The summed E-state index contributed by atoms with van der Waals surface area (Å²) in [4.78, 5) is 24.3. The zero-order chi connectivity index (χ0) is 20.0. The number of carbonyl (C=O) groups is 2. The van der Waals surface area contributed by atoms with Crippen LogP contribution in [0.3, 0.4) is 0 Å². The molecule has 0 heterocycles. The average molecular weight is 373 g/mol. The molecule has 2 N–H and O–H groups in total. The highest BCUT2D eigenvalue weighted by atomic mass is 16.5. The fourth-order valence-electron chi connectivity index (χ4n) is 2.75. The minimum absolute atomic E-state index is 0.297. The van der Waals surface area contributed by atoms with Gasteiger partial charge in [-0.3, -0.25) is 9.59 Å². The molecule has 144 valence electrons. The summed E-state index contributed by atoms with van der Waals surface area (Å²) < 4.78 is 15.6. The van der Waals surface area contributed by atoms with E-state index in [-0.39, 0.29) is 6.42 Å². The van der Waals surface area contributed by atoms with Crippen LogP contribution in [0, 0.1) is 0 Å². The molecule has 0 spiro atoms. The minimum Gasteiger partial charge on any atom is -0.497 e. The van der Waals surface area contributed by atoms with Crippen LogP contribution in [0.5, 0.6) is 17.2 Å². The molecule has 2 rings (SSSR count). The fourth-order valence-corrected chi connectivity index (χ4v) is 2.75. The lowest BCUT2D eigenvalue weighted by Gasteiger charge is -2.30. The standard InChI is InChI=1S/C20H23NO6/c1-20(12-18(22)23,14-6-5-7-15(10-14)25-2)21-19(24)13-8-16(26-3)11-17(9-13)27-4/h5-11H,12H2,1-4H3,(H,21,24)(H,22,23). The SMILES string of the molecule is COc1cc(OC)cc(C(=O)NC(C)(CC(=O)O)c2cccc(OC)c2)c1. The molecule has 0 aliphatic carbocycles. The molecule has 0 saturated carbocycles. The Bertz CT molecular complexity index is 813. The van der Waals surface area contributed by atoms with E-state index in [0.29, 0.717) is 28.4 Å². The van der Waals surface area contributed by atoms with Gasteiger partial charge in [0.15, 0.2) is 0 Å². The molecule has 1 unspecified atom stereocenters. The van der Waals surface area contributed by atoms with Gasteiger partial charge in [0.2, 0.25) is 0 Å². The van der Waals surface area contributed by atoms with Gasteiger partial charge < -0.3 is 24.6 Å². The van der Waals surface area contributed by atoms with Crippen LogP contribution in [0.25, 0.3) is 0 Å². The lowest BCUT2D eigenvalue weighted by Crippen LogP contribution is -2.45. The Labute approximate surface area is 157 Å². The van der Waals surface area contributed by atoms with Crippen LogP contribution < -0.4 is 19.5 Å². The molecule has 27 heavy (non-hydrogen) atoms. The van der Waals surface area contributed by atoms with Crippen molar-refractivity contribution >= 4 is 11.9 Å². The summed E-state index contributed by atoms with van der Waals surface area (Å²) in [5.74, 6) is 0.00524. The Morgan fingerprint density at radius 3 is 2.07 bits per heavy atom. The van der Waals surface area contributed by atoms with Gasteiger partial charge in [-0.2, -0.15) is 0 Å². The number of methoxy groups -OCH3 is 3. The lowest BCUT2D eigenvalue weighted by molar-refractivity contribution is -0.138. The van der Waals surface area contributed by atoms with Crippen molar-refractivity contribution in [3.05, 3.63) is 53.6 Å². The number of amides is 1. The first-order valence-corrected chi connectivity index (χ1v) is 8.23. The second-order valence-electron chi connectivity index (χ2n) is 6.19. The number of benzene rings is 2. The van der Waals surface area contributed by atoms with Crippen LogP contribution in [0.4, 0.5) is 0 Å². The maximum absolute atomic E-state index is 12.9.